The predicted octanol–water partition coefficient (Wildman–Crippen LogP) is 3.31. The molecule has 0 aromatic heterocycles. The molecule has 1 aliphatic rings. The minimum absolute atomic E-state index is 0.0434. The van der Waals surface area contributed by atoms with Crippen LogP contribution in [0.15, 0.2) is 18.2 Å². The maximum Gasteiger partial charge on any atom is 0.123 e. The summed E-state index contributed by atoms with van der Waals surface area (Å²) in [5.74, 6) is -0.159. The van der Waals surface area contributed by atoms with E-state index in [9.17, 15) is 4.39 Å². The molecule has 100 valence electrons. The molecule has 0 radical (unpaired) electrons. The fourth-order valence-corrected chi connectivity index (χ4v) is 2.06. The van der Waals surface area contributed by atoms with E-state index in [1.165, 1.54) is 12.8 Å². The van der Waals surface area contributed by atoms with Gasteiger partial charge in [0.1, 0.15) is 5.82 Å². The molecule has 1 N–H and O–H groups in total. The molecule has 2 rings (SSSR count). The van der Waals surface area contributed by atoms with Crippen molar-refractivity contribution < 1.29 is 4.39 Å². The first-order valence-electron chi connectivity index (χ1n) is 6.63. The number of benzene rings is 1. The van der Waals surface area contributed by atoms with E-state index in [-0.39, 0.29) is 11.4 Å². The van der Waals surface area contributed by atoms with Crippen molar-refractivity contribution in [2.45, 2.75) is 51.7 Å². The van der Waals surface area contributed by atoms with Gasteiger partial charge in [0, 0.05) is 30.9 Å². The Labute approximate surface area is 109 Å². The smallest absolute Gasteiger partial charge is 0.123 e. The molecule has 18 heavy (non-hydrogen) atoms. The van der Waals surface area contributed by atoms with E-state index in [2.05, 4.69) is 38.0 Å². The number of hydrogen-bond donors (Lipinski definition) is 1. The van der Waals surface area contributed by atoms with E-state index in [4.69, 9.17) is 0 Å². The van der Waals surface area contributed by atoms with Crippen molar-refractivity contribution in [3.05, 3.63) is 29.6 Å². The predicted molar refractivity (Wildman–Crippen MR) is 74.4 cm³/mol. The van der Waals surface area contributed by atoms with Gasteiger partial charge in [-0.25, -0.2) is 4.39 Å². The van der Waals surface area contributed by atoms with E-state index in [0.717, 1.165) is 11.3 Å². The van der Waals surface area contributed by atoms with Crippen molar-refractivity contribution in [3.8, 4) is 0 Å². The Morgan fingerprint density at radius 1 is 1.33 bits per heavy atom. The Kier molecular flexibility index (Phi) is 3.62. The van der Waals surface area contributed by atoms with E-state index < -0.39 is 0 Å². The molecule has 1 aliphatic carbocycles. The highest BCUT2D eigenvalue weighted by molar-refractivity contribution is 5.55. The molecule has 1 fully saturated rings. The molecule has 0 heterocycles. The number of halogens is 1. The zero-order chi connectivity index (χ0) is 13.3. The van der Waals surface area contributed by atoms with Gasteiger partial charge in [-0.3, -0.25) is 0 Å². The van der Waals surface area contributed by atoms with Crippen LogP contribution in [-0.4, -0.2) is 18.6 Å². The average molecular weight is 250 g/mol. The largest absolute Gasteiger partial charge is 0.371 e. The van der Waals surface area contributed by atoms with Crippen LogP contribution in [-0.2, 0) is 6.54 Å². The fraction of sp³-hybridized carbons (Fsp3) is 0.600. The van der Waals surface area contributed by atoms with Gasteiger partial charge < -0.3 is 10.2 Å². The molecular weight excluding hydrogens is 227 g/mol. The summed E-state index contributed by atoms with van der Waals surface area (Å²) < 4.78 is 13.4. The molecule has 0 bridgehead atoms. The van der Waals surface area contributed by atoms with Crippen LogP contribution in [0.2, 0.25) is 0 Å². The summed E-state index contributed by atoms with van der Waals surface area (Å²) in [5, 5.41) is 3.43. The molecule has 0 aliphatic heterocycles. The molecule has 0 unspecified atom stereocenters. The van der Waals surface area contributed by atoms with Gasteiger partial charge in [-0.1, -0.05) is 0 Å². The first-order chi connectivity index (χ1) is 8.37. The molecule has 0 spiro atoms. The third-order valence-electron chi connectivity index (χ3n) is 3.33. The van der Waals surface area contributed by atoms with Crippen LogP contribution in [0.5, 0.6) is 0 Å². The maximum atomic E-state index is 13.4. The number of hydrogen-bond acceptors (Lipinski definition) is 2. The van der Waals surface area contributed by atoms with E-state index in [0.29, 0.717) is 12.6 Å². The Morgan fingerprint density at radius 3 is 2.56 bits per heavy atom. The van der Waals surface area contributed by atoms with Gasteiger partial charge in [0.2, 0.25) is 0 Å². The average Bonchev–Trinajstić information content (AvgIpc) is 3.08. The minimum atomic E-state index is -0.159. The molecule has 0 saturated heterocycles. The lowest BCUT2D eigenvalue weighted by Gasteiger charge is -2.25. The van der Waals surface area contributed by atoms with Crippen molar-refractivity contribution in [2.75, 3.05) is 11.9 Å². The molecule has 1 saturated carbocycles. The molecule has 2 nitrogen and oxygen atoms in total. The number of nitrogens with one attached hydrogen (secondary N) is 1. The molecule has 0 amide bonds. The fourth-order valence-electron chi connectivity index (χ4n) is 2.06. The van der Waals surface area contributed by atoms with Crippen LogP contribution < -0.4 is 10.2 Å². The lowest BCUT2D eigenvalue weighted by Crippen LogP contribution is -2.35. The van der Waals surface area contributed by atoms with Crippen LogP contribution in [0, 0.1) is 5.82 Å². The third-order valence-corrected chi connectivity index (χ3v) is 3.33. The van der Waals surface area contributed by atoms with E-state index in [1.807, 2.05) is 6.07 Å². The molecule has 1 aromatic carbocycles. The highest BCUT2D eigenvalue weighted by Crippen LogP contribution is 2.32. The van der Waals surface area contributed by atoms with Gasteiger partial charge in [-0.2, -0.15) is 0 Å². The van der Waals surface area contributed by atoms with Crippen molar-refractivity contribution in [3.63, 3.8) is 0 Å². The molecular formula is C15H23FN2. The van der Waals surface area contributed by atoms with E-state index >= 15 is 0 Å². The van der Waals surface area contributed by atoms with Crippen molar-refractivity contribution in [2.24, 2.45) is 0 Å². The van der Waals surface area contributed by atoms with Crippen LogP contribution in [0.4, 0.5) is 10.1 Å². The van der Waals surface area contributed by atoms with Gasteiger partial charge >= 0.3 is 0 Å². The van der Waals surface area contributed by atoms with Crippen LogP contribution >= 0.6 is 0 Å². The maximum absolute atomic E-state index is 13.4. The topological polar surface area (TPSA) is 15.3 Å². The Morgan fingerprint density at radius 2 is 2.00 bits per heavy atom. The summed E-state index contributed by atoms with van der Waals surface area (Å²) >= 11 is 0. The normalized spacial score (nSPS) is 15.8. The summed E-state index contributed by atoms with van der Waals surface area (Å²) in [5.41, 5.74) is 2.23. The van der Waals surface area contributed by atoms with Crippen molar-refractivity contribution in [1.82, 2.24) is 5.32 Å². The lowest BCUT2D eigenvalue weighted by molar-refractivity contribution is 0.423. The highest BCUT2D eigenvalue weighted by atomic mass is 19.1. The minimum Gasteiger partial charge on any atom is -0.371 e. The summed E-state index contributed by atoms with van der Waals surface area (Å²) in [7, 11) is 2.10. The second kappa shape index (κ2) is 4.88. The summed E-state index contributed by atoms with van der Waals surface area (Å²) in [6.07, 6.45) is 2.50. The second-order valence-electron chi connectivity index (χ2n) is 6.22. The van der Waals surface area contributed by atoms with Gasteiger partial charge in [0.05, 0.1) is 0 Å². The zero-order valence-electron chi connectivity index (χ0n) is 11.8. The van der Waals surface area contributed by atoms with Crippen LogP contribution in [0.1, 0.15) is 39.2 Å². The first-order valence-corrected chi connectivity index (χ1v) is 6.63. The molecule has 1 aromatic rings. The highest BCUT2D eigenvalue weighted by Gasteiger charge is 2.27. The van der Waals surface area contributed by atoms with Crippen molar-refractivity contribution >= 4 is 5.69 Å². The summed E-state index contributed by atoms with van der Waals surface area (Å²) in [6.45, 7) is 7.07. The first kappa shape index (κ1) is 13.3. The molecule has 3 heteroatoms. The van der Waals surface area contributed by atoms with Gasteiger partial charge in [0.25, 0.3) is 0 Å². The van der Waals surface area contributed by atoms with Crippen LogP contribution in [0.25, 0.3) is 0 Å². The van der Waals surface area contributed by atoms with E-state index in [1.54, 1.807) is 12.1 Å². The Balaban J connectivity index is 2.17. The van der Waals surface area contributed by atoms with Gasteiger partial charge in [0.15, 0.2) is 0 Å². The van der Waals surface area contributed by atoms with Gasteiger partial charge in [-0.15, -0.1) is 0 Å². The number of anilines is 1. The van der Waals surface area contributed by atoms with Gasteiger partial charge in [-0.05, 0) is 57.4 Å². The SMILES string of the molecule is CN(c1ccc(F)cc1CNC(C)(C)C)C1CC1. The zero-order valence-corrected chi connectivity index (χ0v) is 11.8. The number of rotatable bonds is 4. The van der Waals surface area contributed by atoms with Crippen molar-refractivity contribution in [1.29, 1.82) is 0 Å². The second-order valence-corrected chi connectivity index (χ2v) is 6.22. The summed E-state index contributed by atoms with van der Waals surface area (Å²) in [4.78, 5) is 2.28. The van der Waals surface area contributed by atoms with Crippen LogP contribution in [0.3, 0.4) is 0 Å². The Bertz CT molecular complexity index is 419. The summed E-state index contributed by atoms with van der Waals surface area (Å²) in [6, 6.07) is 5.73. The Hall–Kier alpha value is -1.09. The number of nitrogens with zero attached hydrogens (tertiary/aromatic N) is 1. The quantitative estimate of drug-likeness (QED) is 0.882. The standard InChI is InChI=1S/C15H23FN2/c1-15(2,3)17-10-11-9-12(16)5-8-14(11)18(4)13-6-7-13/h5,8-9,13,17H,6-7,10H2,1-4H3. The molecule has 0 atom stereocenters. The third kappa shape index (κ3) is 3.45. The lowest BCUT2D eigenvalue weighted by atomic mass is 10.1. The monoisotopic (exact) mass is 250 g/mol.